The van der Waals surface area contributed by atoms with Crippen molar-refractivity contribution < 1.29 is 14.3 Å². The third kappa shape index (κ3) is 5.47. The second-order valence-electron chi connectivity index (χ2n) is 4.29. The largest absolute Gasteiger partial charge is 0.351 e. The first-order valence-electron chi connectivity index (χ1n) is 5.99. The molecule has 0 aromatic heterocycles. The van der Waals surface area contributed by atoms with Crippen molar-refractivity contribution in [1.29, 1.82) is 0 Å². The summed E-state index contributed by atoms with van der Waals surface area (Å²) in [7, 11) is 0. The molecule has 0 fully saturated rings. The van der Waals surface area contributed by atoms with Crippen LogP contribution in [0.5, 0.6) is 0 Å². The summed E-state index contributed by atoms with van der Waals surface area (Å²) >= 11 is 0. The number of carbonyl (C=O) groups is 1. The highest BCUT2D eigenvalue weighted by atomic mass is 16.7. The molecule has 0 aliphatic rings. The van der Waals surface area contributed by atoms with Crippen molar-refractivity contribution in [1.82, 2.24) is 5.32 Å². The van der Waals surface area contributed by atoms with Crippen LogP contribution in [0.3, 0.4) is 0 Å². The molecule has 4 heteroatoms. The van der Waals surface area contributed by atoms with Gasteiger partial charge < -0.3 is 14.8 Å². The molecule has 0 unspecified atom stereocenters. The van der Waals surface area contributed by atoms with Crippen LogP contribution in [-0.2, 0) is 14.3 Å². The first-order valence-corrected chi connectivity index (χ1v) is 5.99. The molecule has 4 nitrogen and oxygen atoms in total. The quantitative estimate of drug-likeness (QED) is 0.649. The summed E-state index contributed by atoms with van der Waals surface area (Å²) < 4.78 is 10.7. The lowest BCUT2D eigenvalue weighted by atomic mass is 9.89. The van der Waals surface area contributed by atoms with E-state index in [0.29, 0.717) is 19.8 Å². The summed E-state index contributed by atoms with van der Waals surface area (Å²) in [6.07, 6.45) is 0.471. The van der Waals surface area contributed by atoms with E-state index in [-0.39, 0.29) is 17.6 Å². The Balaban J connectivity index is 4.04. The minimum Gasteiger partial charge on any atom is -0.351 e. The second kappa shape index (κ2) is 7.63. The number of carbonyl (C=O) groups excluding carboxylic acids is 1. The van der Waals surface area contributed by atoms with Crippen molar-refractivity contribution in [2.24, 2.45) is 5.41 Å². The monoisotopic (exact) mass is 231 g/mol. The topological polar surface area (TPSA) is 47.6 Å². The van der Waals surface area contributed by atoms with Crippen molar-refractivity contribution in [3.8, 4) is 0 Å². The molecule has 0 bridgehead atoms. The van der Waals surface area contributed by atoms with Crippen molar-refractivity contribution in [2.45, 2.75) is 47.3 Å². The van der Waals surface area contributed by atoms with Crippen LogP contribution in [-0.4, -0.2) is 32.0 Å². The van der Waals surface area contributed by atoms with Gasteiger partial charge in [-0.25, -0.2) is 0 Å². The highest BCUT2D eigenvalue weighted by Crippen LogP contribution is 2.19. The molecule has 0 aromatic rings. The molecule has 0 atom stereocenters. The van der Waals surface area contributed by atoms with Gasteiger partial charge in [-0.05, 0) is 20.3 Å². The van der Waals surface area contributed by atoms with Crippen LogP contribution in [0, 0.1) is 5.41 Å². The van der Waals surface area contributed by atoms with Crippen LogP contribution in [0.15, 0.2) is 0 Å². The molecular formula is C12H25NO3. The summed E-state index contributed by atoms with van der Waals surface area (Å²) in [5.74, 6) is 0.0411. The summed E-state index contributed by atoms with van der Waals surface area (Å²) in [5.41, 5.74) is -0.330. The molecule has 0 heterocycles. The summed E-state index contributed by atoms with van der Waals surface area (Å²) in [5, 5.41) is 2.85. The Morgan fingerprint density at radius 3 is 2.06 bits per heavy atom. The lowest BCUT2D eigenvalue weighted by molar-refractivity contribution is -0.144. The number of hydrogen-bond donors (Lipinski definition) is 1. The lowest BCUT2D eigenvalue weighted by Crippen LogP contribution is -2.41. The first kappa shape index (κ1) is 15.4. The van der Waals surface area contributed by atoms with Gasteiger partial charge in [-0.15, -0.1) is 0 Å². The van der Waals surface area contributed by atoms with E-state index in [2.05, 4.69) is 5.32 Å². The maximum Gasteiger partial charge on any atom is 0.225 e. The van der Waals surface area contributed by atoms with E-state index < -0.39 is 0 Å². The van der Waals surface area contributed by atoms with E-state index in [0.717, 1.165) is 6.42 Å². The van der Waals surface area contributed by atoms with Crippen molar-refractivity contribution >= 4 is 5.91 Å². The van der Waals surface area contributed by atoms with Crippen LogP contribution in [0.1, 0.15) is 41.0 Å². The number of ether oxygens (including phenoxy) is 2. The number of nitrogens with one attached hydrogen (secondary N) is 1. The Kier molecular flexibility index (Phi) is 7.34. The Bertz CT molecular complexity index is 198. The van der Waals surface area contributed by atoms with Crippen LogP contribution < -0.4 is 5.32 Å². The summed E-state index contributed by atoms with van der Waals surface area (Å²) in [6, 6.07) is 0. The molecule has 96 valence electrons. The molecule has 0 aliphatic carbocycles. The zero-order valence-corrected chi connectivity index (χ0v) is 11.1. The molecule has 0 saturated carbocycles. The average molecular weight is 231 g/mol. The Morgan fingerprint density at radius 1 is 1.19 bits per heavy atom. The molecule has 1 N–H and O–H groups in total. The van der Waals surface area contributed by atoms with E-state index in [1.165, 1.54) is 0 Å². The van der Waals surface area contributed by atoms with E-state index in [9.17, 15) is 4.79 Å². The Labute approximate surface area is 98.7 Å². The number of rotatable bonds is 8. The average Bonchev–Trinajstić information content (AvgIpc) is 2.26. The van der Waals surface area contributed by atoms with Gasteiger partial charge in [0.25, 0.3) is 0 Å². The molecule has 0 spiro atoms. The predicted molar refractivity (Wildman–Crippen MR) is 64.1 cm³/mol. The van der Waals surface area contributed by atoms with Gasteiger partial charge in [-0.3, -0.25) is 4.79 Å². The van der Waals surface area contributed by atoms with Gasteiger partial charge in [0.05, 0.1) is 6.54 Å². The van der Waals surface area contributed by atoms with Crippen LogP contribution in [0.4, 0.5) is 0 Å². The number of amides is 1. The maximum atomic E-state index is 11.8. The normalized spacial score (nSPS) is 11.9. The van der Waals surface area contributed by atoms with E-state index in [1.807, 2.05) is 34.6 Å². The van der Waals surface area contributed by atoms with Crippen molar-refractivity contribution in [2.75, 3.05) is 19.8 Å². The van der Waals surface area contributed by atoms with E-state index in [1.54, 1.807) is 0 Å². The molecule has 0 rings (SSSR count). The highest BCUT2D eigenvalue weighted by molar-refractivity contribution is 5.81. The SMILES string of the molecule is CCOC(CNC(=O)C(C)(C)CC)OCC. The third-order valence-corrected chi connectivity index (χ3v) is 2.63. The molecule has 16 heavy (non-hydrogen) atoms. The van der Waals surface area contributed by atoms with Gasteiger partial charge in [0, 0.05) is 18.6 Å². The fourth-order valence-electron chi connectivity index (χ4n) is 1.11. The van der Waals surface area contributed by atoms with Gasteiger partial charge in [0.15, 0.2) is 6.29 Å². The minimum atomic E-state index is -0.341. The van der Waals surface area contributed by atoms with Gasteiger partial charge in [-0.2, -0.15) is 0 Å². The van der Waals surface area contributed by atoms with Crippen molar-refractivity contribution in [3.63, 3.8) is 0 Å². The predicted octanol–water partition coefficient (Wildman–Crippen LogP) is 1.94. The van der Waals surface area contributed by atoms with Gasteiger partial charge in [-0.1, -0.05) is 20.8 Å². The zero-order valence-electron chi connectivity index (χ0n) is 11.1. The van der Waals surface area contributed by atoms with Crippen LogP contribution >= 0.6 is 0 Å². The Morgan fingerprint density at radius 2 is 1.69 bits per heavy atom. The highest BCUT2D eigenvalue weighted by Gasteiger charge is 2.25. The molecule has 0 radical (unpaired) electrons. The molecule has 0 saturated heterocycles. The summed E-state index contributed by atoms with van der Waals surface area (Å²) in [4.78, 5) is 11.8. The summed E-state index contributed by atoms with van der Waals surface area (Å²) in [6.45, 7) is 11.2. The Hall–Kier alpha value is -0.610. The standard InChI is InChI=1S/C12H25NO3/c1-6-12(4,5)11(14)13-9-10(15-7-2)16-8-3/h10H,6-9H2,1-5H3,(H,13,14). The smallest absolute Gasteiger partial charge is 0.225 e. The first-order chi connectivity index (χ1) is 7.47. The minimum absolute atomic E-state index is 0.0411. The van der Waals surface area contributed by atoms with Crippen molar-refractivity contribution in [3.05, 3.63) is 0 Å². The lowest BCUT2D eigenvalue weighted by Gasteiger charge is -2.24. The van der Waals surface area contributed by atoms with E-state index in [4.69, 9.17) is 9.47 Å². The third-order valence-electron chi connectivity index (χ3n) is 2.63. The molecular weight excluding hydrogens is 206 g/mol. The zero-order chi connectivity index (χ0) is 12.6. The fourth-order valence-corrected chi connectivity index (χ4v) is 1.11. The molecule has 1 amide bonds. The van der Waals surface area contributed by atoms with Gasteiger partial charge in [0.1, 0.15) is 0 Å². The van der Waals surface area contributed by atoms with Crippen LogP contribution in [0.2, 0.25) is 0 Å². The second-order valence-corrected chi connectivity index (χ2v) is 4.29. The molecule has 0 aliphatic heterocycles. The van der Waals surface area contributed by atoms with Crippen LogP contribution in [0.25, 0.3) is 0 Å². The number of hydrogen-bond acceptors (Lipinski definition) is 3. The van der Waals surface area contributed by atoms with E-state index >= 15 is 0 Å². The molecule has 0 aromatic carbocycles. The van der Waals surface area contributed by atoms with Gasteiger partial charge in [0.2, 0.25) is 5.91 Å². The fraction of sp³-hybridized carbons (Fsp3) is 0.917. The maximum absolute atomic E-state index is 11.8. The van der Waals surface area contributed by atoms with Gasteiger partial charge >= 0.3 is 0 Å².